The largest absolute Gasteiger partial charge is 0.246 e. The third-order valence-corrected chi connectivity index (χ3v) is 5.25. The molecule has 4 aromatic rings. The van der Waals surface area contributed by atoms with Gasteiger partial charge in [-0.05, 0) is 26.0 Å². The van der Waals surface area contributed by atoms with Crippen molar-refractivity contribution in [2.75, 3.05) is 0 Å². The summed E-state index contributed by atoms with van der Waals surface area (Å²) in [7, 11) is 0. The summed E-state index contributed by atoms with van der Waals surface area (Å²) in [5, 5.41) is 13.9. The molecular formula is C14H10FN5S2. The zero-order chi connectivity index (χ0) is 15.3. The van der Waals surface area contributed by atoms with E-state index in [9.17, 15) is 4.39 Å². The SMILES string of the molecule is Cc1nc(C)c(-c2csc(-c3cc(F)c4n[nH]nc4c3)n2)s1. The standard InChI is InChI=1S/C14H10FN5S2/c1-6-13(22-7(2)16-6)11-5-21-14(17-11)8-3-9(15)12-10(4-8)18-20-19-12/h3-5H,1-2H3,(H,18,19,20). The highest BCUT2D eigenvalue weighted by Gasteiger charge is 2.14. The minimum absolute atomic E-state index is 0.245. The number of fused-ring (bicyclic) bond motifs is 1. The Morgan fingerprint density at radius 1 is 1.14 bits per heavy atom. The third kappa shape index (κ3) is 2.11. The number of nitrogens with one attached hydrogen (secondary N) is 1. The van der Waals surface area contributed by atoms with Crippen LogP contribution in [-0.2, 0) is 0 Å². The number of aromatic nitrogens is 5. The van der Waals surface area contributed by atoms with E-state index in [0.29, 0.717) is 11.1 Å². The maximum Gasteiger partial charge on any atom is 0.153 e. The molecule has 5 nitrogen and oxygen atoms in total. The molecule has 0 radical (unpaired) electrons. The van der Waals surface area contributed by atoms with E-state index in [2.05, 4.69) is 25.4 Å². The van der Waals surface area contributed by atoms with Gasteiger partial charge in [-0.2, -0.15) is 15.4 Å². The summed E-state index contributed by atoms with van der Waals surface area (Å²) in [6.45, 7) is 3.95. The Morgan fingerprint density at radius 3 is 2.77 bits per heavy atom. The van der Waals surface area contributed by atoms with Gasteiger partial charge in [-0.1, -0.05) is 0 Å². The Kier molecular flexibility index (Phi) is 3.02. The summed E-state index contributed by atoms with van der Waals surface area (Å²) in [5.74, 6) is -0.400. The van der Waals surface area contributed by atoms with Gasteiger partial charge in [0.05, 0.1) is 21.3 Å². The van der Waals surface area contributed by atoms with E-state index in [1.807, 2.05) is 19.2 Å². The van der Waals surface area contributed by atoms with Crippen LogP contribution in [0.15, 0.2) is 17.5 Å². The summed E-state index contributed by atoms with van der Waals surface area (Å²) < 4.78 is 14.0. The van der Waals surface area contributed by atoms with Crippen LogP contribution in [0.3, 0.4) is 0 Å². The van der Waals surface area contributed by atoms with Crippen molar-refractivity contribution in [1.82, 2.24) is 25.4 Å². The molecule has 4 rings (SSSR count). The quantitative estimate of drug-likeness (QED) is 0.604. The maximum atomic E-state index is 14.0. The number of nitrogens with zero attached hydrogens (tertiary/aromatic N) is 4. The second kappa shape index (κ2) is 4.92. The zero-order valence-corrected chi connectivity index (χ0v) is 13.3. The van der Waals surface area contributed by atoms with Crippen LogP contribution in [0.2, 0.25) is 0 Å². The Hall–Kier alpha value is -2.19. The number of rotatable bonds is 2. The van der Waals surface area contributed by atoms with E-state index >= 15 is 0 Å². The molecule has 0 bridgehead atoms. The van der Waals surface area contributed by atoms with E-state index in [0.717, 1.165) is 26.3 Å². The van der Waals surface area contributed by atoms with Crippen molar-refractivity contribution in [3.05, 3.63) is 34.0 Å². The van der Waals surface area contributed by atoms with Crippen LogP contribution >= 0.6 is 22.7 Å². The number of aromatic amines is 1. The van der Waals surface area contributed by atoms with Crippen molar-refractivity contribution in [3.63, 3.8) is 0 Å². The van der Waals surface area contributed by atoms with Gasteiger partial charge < -0.3 is 0 Å². The fourth-order valence-electron chi connectivity index (χ4n) is 2.31. The predicted octanol–water partition coefficient (Wildman–Crippen LogP) is 3.96. The van der Waals surface area contributed by atoms with Crippen molar-refractivity contribution in [2.45, 2.75) is 13.8 Å². The average Bonchev–Trinajstić information content (AvgIpc) is 3.17. The molecule has 0 atom stereocenters. The van der Waals surface area contributed by atoms with Crippen LogP contribution < -0.4 is 0 Å². The van der Waals surface area contributed by atoms with Crippen molar-refractivity contribution < 1.29 is 4.39 Å². The summed E-state index contributed by atoms with van der Waals surface area (Å²) >= 11 is 3.09. The molecule has 0 spiro atoms. The normalized spacial score (nSPS) is 11.4. The molecular weight excluding hydrogens is 321 g/mol. The fraction of sp³-hybridized carbons (Fsp3) is 0.143. The van der Waals surface area contributed by atoms with E-state index < -0.39 is 5.82 Å². The maximum absolute atomic E-state index is 14.0. The Balaban J connectivity index is 1.81. The number of hydrogen-bond donors (Lipinski definition) is 1. The van der Waals surface area contributed by atoms with Crippen LogP contribution in [0.5, 0.6) is 0 Å². The van der Waals surface area contributed by atoms with Crippen LogP contribution in [-0.4, -0.2) is 25.4 Å². The second-order valence-electron chi connectivity index (χ2n) is 4.83. The molecule has 0 unspecified atom stereocenters. The molecule has 1 N–H and O–H groups in total. The number of halogens is 1. The molecule has 110 valence electrons. The van der Waals surface area contributed by atoms with E-state index in [4.69, 9.17) is 0 Å². The minimum atomic E-state index is -0.400. The third-order valence-electron chi connectivity index (χ3n) is 3.26. The highest BCUT2D eigenvalue weighted by Crippen LogP contribution is 2.34. The molecule has 0 aliphatic carbocycles. The second-order valence-corrected chi connectivity index (χ2v) is 6.90. The van der Waals surface area contributed by atoms with Gasteiger partial charge in [0.25, 0.3) is 0 Å². The van der Waals surface area contributed by atoms with E-state index in [1.165, 1.54) is 17.4 Å². The smallest absolute Gasteiger partial charge is 0.153 e. The van der Waals surface area contributed by atoms with Crippen molar-refractivity contribution in [2.24, 2.45) is 0 Å². The molecule has 0 amide bonds. The predicted molar refractivity (Wildman–Crippen MR) is 85.5 cm³/mol. The van der Waals surface area contributed by atoms with Gasteiger partial charge in [0.1, 0.15) is 16.0 Å². The Labute approximate surface area is 132 Å². The summed E-state index contributed by atoms with van der Waals surface area (Å²) in [6.07, 6.45) is 0. The van der Waals surface area contributed by atoms with Gasteiger partial charge in [-0.15, -0.1) is 22.7 Å². The van der Waals surface area contributed by atoms with E-state index in [1.54, 1.807) is 17.4 Å². The number of benzene rings is 1. The average molecular weight is 331 g/mol. The molecule has 0 fully saturated rings. The summed E-state index contributed by atoms with van der Waals surface area (Å²) in [5.41, 5.74) is 3.29. The highest BCUT2D eigenvalue weighted by molar-refractivity contribution is 7.16. The molecule has 0 aliphatic rings. The summed E-state index contributed by atoms with van der Waals surface area (Å²) in [6, 6.07) is 3.23. The Bertz CT molecular complexity index is 984. The van der Waals surface area contributed by atoms with Crippen molar-refractivity contribution in [1.29, 1.82) is 0 Å². The molecule has 22 heavy (non-hydrogen) atoms. The Morgan fingerprint density at radius 2 is 2.00 bits per heavy atom. The first-order chi connectivity index (χ1) is 10.6. The van der Waals surface area contributed by atoms with Gasteiger partial charge in [-0.3, -0.25) is 0 Å². The lowest BCUT2D eigenvalue weighted by atomic mass is 10.2. The van der Waals surface area contributed by atoms with Crippen LogP contribution in [0, 0.1) is 19.7 Å². The molecule has 3 heterocycles. The van der Waals surface area contributed by atoms with Gasteiger partial charge in [0.2, 0.25) is 0 Å². The van der Waals surface area contributed by atoms with Crippen molar-refractivity contribution in [3.8, 4) is 21.1 Å². The van der Waals surface area contributed by atoms with Crippen LogP contribution in [0.1, 0.15) is 10.7 Å². The molecule has 3 aromatic heterocycles. The van der Waals surface area contributed by atoms with E-state index in [-0.39, 0.29) is 5.52 Å². The first-order valence-corrected chi connectivity index (χ1v) is 8.22. The topological polar surface area (TPSA) is 67.3 Å². The summed E-state index contributed by atoms with van der Waals surface area (Å²) in [4.78, 5) is 10.1. The molecule has 0 saturated heterocycles. The van der Waals surface area contributed by atoms with Gasteiger partial charge in [-0.25, -0.2) is 14.4 Å². The first kappa shape index (κ1) is 13.5. The first-order valence-electron chi connectivity index (χ1n) is 6.52. The molecule has 0 saturated carbocycles. The van der Waals surface area contributed by atoms with Gasteiger partial charge in [0, 0.05) is 10.9 Å². The van der Waals surface area contributed by atoms with Gasteiger partial charge >= 0.3 is 0 Å². The van der Waals surface area contributed by atoms with Gasteiger partial charge in [0.15, 0.2) is 5.82 Å². The highest BCUT2D eigenvalue weighted by atomic mass is 32.1. The van der Waals surface area contributed by atoms with Crippen LogP contribution in [0.25, 0.3) is 32.2 Å². The monoisotopic (exact) mass is 331 g/mol. The fourth-order valence-corrected chi connectivity index (χ4v) is 4.07. The minimum Gasteiger partial charge on any atom is -0.246 e. The molecule has 8 heteroatoms. The number of H-pyrrole nitrogens is 1. The lowest BCUT2D eigenvalue weighted by Gasteiger charge is -1.97. The lowest BCUT2D eigenvalue weighted by Crippen LogP contribution is -1.84. The number of aryl methyl sites for hydroxylation is 2. The zero-order valence-electron chi connectivity index (χ0n) is 11.7. The molecule has 0 aliphatic heterocycles. The molecule has 1 aromatic carbocycles. The van der Waals surface area contributed by atoms with Crippen molar-refractivity contribution >= 4 is 33.7 Å². The number of hydrogen-bond acceptors (Lipinski definition) is 6. The number of thiazole rings is 2. The van der Waals surface area contributed by atoms with Crippen LogP contribution in [0.4, 0.5) is 4.39 Å². The lowest BCUT2D eigenvalue weighted by molar-refractivity contribution is 0.636.